The van der Waals surface area contributed by atoms with Crippen molar-refractivity contribution in [3.63, 3.8) is 0 Å². The summed E-state index contributed by atoms with van der Waals surface area (Å²) in [6, 6.07) is 6.57. The van der Waals surface area contributed by atoms with Gasteiger partial charge in [0.2, 0.25) is 0 Å². The second-order valence-corrected chi connectivity index (χ2v) is 8.31. The summed E-state index contributed by atoms with van der Waals surface area (Å²) in [6.45, 7) is 4.98. The Morgan fingerprint density at radius 3 is 2.47 bits per heavy atom. The standard InChI is InChI=1S/C13H16ClNO3S/c1-13(2,3)19(16,17)7-6-18-12-5-4-10(9-15)8-11(12)14/h4-5,8H,6-7H2,1-3H3. The largest absolute Gasteiger partial charge is 0.491 e. The predicted octanol–water partition coefficient (Wildman–Crippen LogP) is 2.80. The summed E-state index contributed by atoms with van der Waals surface area (Å²) in [7, 11) is -3.21. The smallest absolute Gasteiger partial charge is 0.158 e. The number of hydrogen-bond acceptors (Lipinski definition) is 4. The number of hydrogen-bond donors (Lipinski definition) is 0. The van der Waals surface area contributed by atoms with Crippen LogP contribution in [0.15, 0.2) is 18.2 Å². The fourth-order valence-electron chi connectivity index (χ4n) is 1.25. The van der Waals surface area contributed by atoms with E-state index in [0.717, 1.165) is 0 Å². The van der Waals surface area contributed by atoms with Crippen LogP contribution in [0.1, 0.15) is 26.3 Å². The van der Waals surface area contributed by atoms with Crippen molar-refractivity contribution in [1.29, 1.82) is 5.26 Å². The molecule has 0 amide bonds. The number of ether oxygens (including phenoxy) is 1. The highest BCUT2D eigenvalue weighted by atomic mass is 35.5. The van der Waals surface area contributed by atoms with Gasteiger partial charge >= 0.3 is 0 Å². The lowest BCUT2D eigenvalue weighted by Crippen LogP contribution is -2.32. The van der Waals surface area contributed by atoms with Crippen molar-refractivity contribution in [3.8, 4) is 11.8 Å². The molecule has 0 aliphatic rings. The zero-order valence-corrected chi connectivity index (χ0v) is 12.7. The molecule has 0 unspecified atom stereocenters. The van der Waals surface area contributed by atoms with E-state index in [4.69, 9.17) is 21.6 Å². The third kappa shape index (κ3) is 4.12. The molecule has 4 nitrogen and oxygen atoms in total. The molecular formula is C13H16ClNO3S. The van der Waals surface area contributed by atoms with Gasteiger partial charge in [0.1, 0.15) is 12.4 Å². The van der Waals surface area contributed by atoms with Gasteiger partial charge in [-0.15, -0.1) is 0 Å². The molecule has 0 radical (unpaired) electrons. The van der Waals surface area contributed by atoms with Gasteiger partial charge < -0.3 is 4.74 Å². The molecule has 0 spiro atoms. The van der Waals surface area contributed by atoms with E-state index in [2.05, 4.69) is 0 Å². The number of benzene rings is 1. The minimum atomic E-state index is -3.21. The van der Waals surface area contributed by atoms with Gasteiger partial charge in [0, 0.05) is 0 Å². The van der Waals surface area contributed by atoms with Crippen LogP contribution >= 0.6 is 11.6 Å². The van der Waals surface area contributed by atoms with E-state index in [9.17, 15) is 8.42 Å². The molecule has 0 N–H and O–H groups in total. The van der Waals surface area contributed by atoms with Crippen molar-refractivity contribution in [3.05, 3.63) is 28.8 Å². The number of sulfone groups is 1. The summed E-state index contributed by atoms with van der Waals surface area (Å²) in [5.41, 5.74) is 0.430. The van der Waals surface area contributed by atoms with Crippen molar-refractivity contribution in [2.24, 2.45) is 0 Å². The maximum atomic E-state index is 11.9. The van der Waals surface area contributed by atoms with Gasteiger partial charge in [-0.2, -0.15) is 5.26 Å². The Morgan fingerprint density at radius 2 is 2.00 bits per heavy atom. The van der Waals surface area contributed by atoms with Crippen LogP contribution in [0.4, 0.5) is 0 Å². The molecule has 1 aromatic rings. The summed E-state index contributed by atoms with van der Waals surface area (Å²) in [5.74, 6) is 0.303. The van der Waals surface area contributed by atoms with E-state index in [1.54, 1.807) is 32.9 Å². The molecule has 0 saturated carbocycles. The number of nitrogens with zero attached hydrogens (tertiary/aromatic N) is 1. The molecule has 6 heteroatoms. The summed E-state index contributed by atoms with van der Waals surface area (Å²) < 4.78 is 28.3. The van der Waals surface area contributed by atoms with Gasteiger partial charge in [0.05, 0.1) is 27.2 Å². The first-order valence-electron chi connectivity index (χ1n) is 5.72. The lowest BCUT2D eigenvalue weighted by atomic mass is 10.2. The highest BCUT2D eigenvalue weighted by Gasteiger charge is 2.28. The van der Waals surface area contributed by atoms with Crippen LogP contribution < -0.4 is 4.74 Å². The molecule has 1 aromatic carbocycles. The van der Waals surface area contributed by atoms with Gasteiger partial charge in [-0.25, -0.2) is 8.42 Å². The van der Waals surface area contributed by atoms with E-state index in [-0.39, 0.29) is 12.4 Å². The average Bonchev–Trinajstić information content (AvgIpc) is 2.29. The fraction of sp³-hybridized carbons (Fsp3) is 0.462. The van der Waals surface area contributed by atoms with Crippen LogP contribution in [-0.4, -0.2) is 25.5 Å². The van der Waals surface area contributed by atoms with Gasteiger partial charge in [-0.05, 0) is 39.0 Å². The highest BCUT2D eigenvalue weighted by molar-refractivity contribution is 7.92. The first kappa shape index (κ1) is 15.8. The second kappa shape index (κ2) is 5.81. The topological polar surface area (TPSA) is 67.2 Å². The van der Waals surface area contributed by atoms with Crippen LogP contribution in [0.2, 0.25) is 5.02 Å². The molecule has 0 aromatic heterocycles. The molecule has 0 saturated heterocycles. The first-order valence-corrected chi connectivity index (χ1v) is 7.75. The average molecular weight is 302 g/mol. The van der Waals surface area contributed by atoms with E-state index in [0.29, 0.717) is 16.3 Å². The quantitative estimate of drug-likeness (QED) is 0.857. The lowest BCUT2D eigenvalue weighted by Gasteiger charge is -2.19. The molecule has 19 heavy (non-hydrogen) atoms. The van der Waals surface area contributed by atoms with Crippen molar-refractivity contribution in [2.45, 2.75) is 25.5 Å². The van der Waals surface area contributed by atoms with Crippen LogP contribution in [-0.2, 0) is 9.84 Å². The molecule has 1 rings (SSSR count). The maximum Gasteiger partial charge on any atom is 0.158 e. The minimum absolute atomic E-state index is 0.0330. The molecule has 104 valence electrons. The third-order valence-corrected chi connectivity index (χ3v) is 5.47. The van der Waals surface area contributed by atoms with Crippen molar-refractivity contribution in [1.82, 2.24) is 0 Å². The molecule has 0 aliphatic heterocycles. The Labute approximate surface area is 118 Å². The molecule has 0 atom stereocenters. The zero-order valence-electron chi connectivity index (χ0n) is 11.1. The van der Waals surface area contributed by atoms with Gasteiger partial charge in [0.15, 0.2) is 9.84 Å². The minimum Gasteiger partial charge on any atom is -0.491 e. The van der Waals surface area contributed by atoms with E-state index < -0.39 is 14.6 Å². The highest BCUT2D eigenvalue weighted by Crippen LogP contribution is 2.25. The summed E-state index contributed by atoms with van der Waals surface area (Å²) >= 11 is 5.92. The van der Waals surface area contributed by atoms with E-state index >= 15 is 0 Å². The van der Waals surface area contributed by atoms with E-state index in [1.165, 1.54) is 6.07 Å². The number of nitriles is 1. The Morgan fingerprint density at radius 1 is 1.37 bits per heavy atom. The molecule has 0 aliphatic carbocycles. The third-order valence-electron chi connectivity index (χ3n) is 2.60. The SMILES string of the molecule is CC(C)(C)S(=O)(=O)CCOc1ccc(C#N)cc1Cl. The fourth-order valence-corrected chi connectivity index (χ4v) is 2.41. The van der Waals surface area contributed by atoms with Gasteiger partial charge in [-0.3, -0.25) is 0 Å². The van der Waals surface area contributed by atoms with Crippen LogP contribution in [0.3, 0.4) is 0 Å². The summed E-state index contributed by atoms with van der Waals surface area (Å²) in [5, 5.41) is 8.99. The zero-order chi connectivity index (χ0) is 14.7. The van der Waals surface area contributed by atoms with Crippen molar-refractivity contribution < 1.29 is 13.2 Å². The molecule has 0 fully saturated rings. The molecule has 0 heterocycles. The Bertz CT molecular complexity index is 597. The summed E-state index contributed by atoms with van der Waals surface area (Å²) in [6.07, 6.45) is 0. The Balaban J connectivity index is 2.68. The second-order valence-electron chi connectivity index (χ2n) is 5.04. The van der Waals surface area contributed by atoms with E-state index in [1.807, 2.05) is 6.07 Å². The summed E-state index contributed by atoms with van der Waals surface area (Å²) in [4.78, 5) is 0. The van der Waals surface area contributed by atoms with Crippen LogP contribution in [0.5, 0.6) is 5.75 Å². The van der Waals surface area contributed by atoms with Crippen LogP contribution in [0, 0.1) is 11.3 Å². The monoisotopic (exact) mass is 301 g/mol. The Kier molecular flexibility index (Phi) is 4.83. The molecular weight excluding hydrogens is 286 g/mol. The van der Waals surface area contributed by atoms with Crippen molar-refractivity contribution in [2.75, 3.05) is 12.4 Å². The normalized spacial score (nSPS) is 11.9. The number of rotatable bonds is 4. The van der Waals surface area contributed by atoms with Gasteiger partial charge in [0.25, 0.3) is 0 Å². The Hall–Kier alpha value is -1.25. The maximum absolute atomic E-state index is 11.9. The molecule has 0 bridgehead atoms. The lowest BCUT2D eigenvalue weighted by molar-refractivity contribution is 0.340. The number of halogens is 1. The van der Waals surface area contributed by atoms with Crippen LogP contribution in [0.25, 0.3) is 0 Å². The first-order chi connectivity index (χ1) is 8.67. The predicted molar refractivity (Wildman–Crippen MR) is 75.2 cm³/mol. The van der Waals surface area contributed by atoms with Gasteiger partial charge in [-0.1, -0.05) is 11.6 Å². The van der Waals surface area contributed by atoms with Crippen molar-refractivity contribution >= 4 is 21.4 Å².